The summed E-state index contributed by atoms with van der Waals surface area (Å²) in [4.78, 5) is 26.1. The van der Waals surface area contributed by atoms with Crippen molar-refractivity contribution in [3.8, 4) is 11.1 Å². The summed E-state index contributed by atoms with van der Waals surface area (Å²) in [5.74, 6) is -0.621. The number of carbonyl (C=O) groups excluding carboxylic acids is 2. The number of amides is 1. The van der Waals surface area contributed by atoms with Crippen molar-refractivity contribution in [1.29, 1.82) is 0 Å². The lowest BCUT2D eigenvalue weighted by molar-refractivity contribution is -0.138. The molecule has 2 rings (SSSR count). The highest BCUT2D eigenvalue weighted by Gasteiger charge is 2.04. The summed E-state index contributed by atoms with van der Waals surface area (Å²) in [6, 6.07) is 14.8. The zero-order valence-electron chi connectivity index (χ0n) is 13.7. The minimum absolute atomic E-state index is 0.135. The molecule has 0 saturated carbocycles. The minimum atomic E-state index is -0.486. The first-order chi connectivity index (χ1) is 12.1. The van der Waals surface area contributed by atoms with E-state index >= 15 is 0 Å². The van der Waals surface area contributed by atoms with E-state index in [1.807, 2.05) is 36.4 Å². The van der Waals surface area contributed by atoms with Crippen LogP contribution in [-0.4, -0.2) is 18.5 Å². The first kappa shape index (κ1) is 18.0. The van der Waals surface area contributed by atoms with E-state index < -0.39 is 5.97 Å². The van der Waals surface area contributed by atoms with Crippen molar-refractivity contribution in [2.75, 3.05) is 11.9 Å². The summed E-state index contributed by atoms with van der Waals surface area (Å²) >= 11 is 0. The van der Waals surface area contributed by atoms with E-state index in [-0.39, 0.29) is 18.9 Å². The number of esters is 1. The molecule has 0 aliphatic heterocycles. The molecule has 0 radical (unpaired) electrons. The molecule has 0 unspecified atom stereocenters. The molecular weight excluding hydrogens is 316 g/mol. The molecule has 0 spiro atoms. The third kappa shape index (κ3) is 5.63. The topological polar surface area (TPSA) is 59.8 Å². The van der Waals surface area contributed by atoms with Gasteiger partial charge in [-0.2, -0.15) is 0 Å². The molecule has 0 atom stereocenters. The quantitative estimate of drug-likeness (QED) is 0.354. The van der Waals surface area contributed by atoms with E-state index in [4.69, 9.17) is 11.3 Å². The number of hydrogen-bond acceptors (Lipinski definition) is 3. The summed E-state index contributed by atoms with van der Waals surface area (Å²) in [5.41, 5.74) is 3.32. The Bertz CT molecular complexity index is 787. The third-order valence-corrected chi connectivity index (χ3v) is 3.46. The van der Waals surface area contributed by atoms with Gasteiger partial charge in [0.05, 0.1) is 13.2 Å². The Kier molecular flexibility index (Phi) is 6.49. The van der Waals surface area contributed by atoms with Gasteiger partial charge in [-0.25, -0.2) is 9.64 Å². The zero-order chi connectivity index (χ0) is 18.1. The Morgan fingerprint density at radius 2 is 1.68 bits per heavy atom. The standard InChI is InChI=1S/C20H18N2O3/c1-3-20(24)25-14-4-5-19(23)22-18-12-8-16(9-13-18)15-6-10-17(21-2)11-7-15/h3,6-13H,1,4-5,14H2,(H,22,23). The number of nitrogens with zero attached hydrogens (tertiary/aromatic N) is 1. The fourth-order valence-corrected chi connectivity index (χ4v) is 2.16. The molecule has 5 heteroatoms. The number of benzene rings is 2. The highest BCUT2D eigenvalue weighted by atomic mass is 16.5. The molecule has 2 aromatic carbocycles. The molecule has 25 heavy (non-hydrogen) atoms. The molecule has 0 aliphatic carbocycles. The maximum absolute atomic E-state index is 11.9. The van der Waals surface area contributed by atoms with Crippen molar-refractivity contribution >= 4 is 23.3 Å². The summed E-state index contributed by atoms with van der Waals surface area (Å²) in [6.45, 7) is 10.5. The van der Waals surface area contributed by atoms with Crippen LogP contribution < -0.4 is 5.32 Å². The average molecular weight is 334 g/mol. The number of ether oxygens (including phenoxy) is 1. The molecule has 126 valence electrons. The first-order valence-electron chi connectivity index (χ1n) is 7.79. The van der Waals surface area contributed by atoms with Crippen LogP contribution in [0.1, 0.15) is 12.8 Å². The average Bonchev–Trinajstić information content (AvgIpc) is 2.65. The van der Waals surface area contributed by atoms with Gasteiger partial charge in [-0.05, 0) is 29.7 Å². The van der Waals surface area contributed by atoms with Gasteiger partial charge in [-0.15, -0.1) is 0 Å². The molecule has 0 bridgehead atoms. The Labute approximate surface area is 146 Å². The molecule has 1 N–H and O–H groups in total. The second-order valence-corrected chi connectivity index (χ2v) is 5.26. The monoisotopic (exact) mass is 334 g/mol. The molecule has 5 nitrogen and oxygen atoms in total. The van der Waals surface area contributed by atoms with Crippen LogP contribution in [0.4, 0.5) is 11.4 Å². The van der Waals surface area contributed by atoms with E-state index in [9.17, 15) is 9.59 Å². The van der Waals surface area contributed by atoms with Gasteiger partial charge >= 0.3 is 5.97 Å². The molecular formula is C20H18N2O3. The summed E-state index contributed by atoms with van der Waals surface area (Å²) in [5, 5.41) is 2.80. The van der Waals surface area contributed by atoms with Crippen LogP contribution in [0.3, 0.4) is 0 Å². The normalized spacial score (nSPS) is 9.72. The number of carbonyl (C=O) groups is 2. The Morgan fingerprint density at radius 3 is 2.24 bits per heavy atom. The van der Waals surface area contributed by atoms with Gasteiger partial charge in [0.2, 0.25) is 5.91 Å². The second-order valence-electron chi connectivity index (χ2n) is 5.26. The maximum atomic E-state index is 11.9. The lowest BCUT2D eigenvalue weighted by Crippen LogP contribution is -2.12. The highest BCUT2D eigenvalue weighted by molar-refractivity contribution is 5.91. The third-order valence-electron chi connectivity index (χ3n) is 3.46. The van der Waals surface area contributed by atoms with Gasteiger partial charge in [0.1, 0.15) is 0 Å². The molecule has 0 saturated heterocycles. The fraction of sp³-hybridized carbons (Fsp3) is 0.150. The van der Waals surface area contributed by atoms with Crippen LogP contribution >= 0.6 is 0 Å². The van der Waals surface area contributed by atoms with Crippen LogP contribution in [-0.2, 0) is 14.3 Å². The predicted molar refractivity (Wildman–Crippen MR) is 97.2 cm³/mol. The molecule has 0 aliphatic rings. The molecule has 1 amide bonds. The number of nitrogens with one attached hydrogen (secondary N) is 1. The van der Waals surface area contributed by atoms with Gasteiger partial charge in [0.15, 0.2) is 5.69 Å². The minimum Gasteiger partial charge on any atom is -0.463 e. The van der Waals surface area contributed by atoms with E-state index in [0.717, 1.165) is 17.2 Å². The van der Waals surface area contributed by atoms with Gasteiger partial charge in [0.25, 0.3) is 0 Å². The van der Waals surface area contributed by atoms with E-state index in [2.05, 4.69) is 16.7 Å². The SMILES string of the molecule is [C-]#[N+]c1ccc(-c2ccc(NC(=O)CCCOC(=O)C=C)cc2)cc1. The van der Waals surface area contributed by atoms with Gasteiger partial charge in [-0.1, -0.05) is 43.0 Å². The molecule has 0 aromatic heterocycles. The summed E-state index contributed by atoms with van der Waals surface area (Å²) in [6.07, 6.45) is 1.82. The number of hydrogen-bond donors (Lipinski definition) is 1. The van der Waals surface area contributed by atoms with E-state index in [0.29, 0.717) is 17.8 Å². The Hall–Kier alpha value is -3.39. The van der Waals surface area contributed by atoms with Crippen LogP contribution in [0.5, 0.6) is 0 Å². The zero-order valence-corrected chi connectivity index (χ0v) is 13.7. The van der Waals surface area contributed by atoms with Crippen molar-refractivity contribution in [3.05, 3.63) is 72.6 Å². The second kappa shape index (κ2) is 9.04. The lowest BCUT2D eigenvalue weighted by Gasteiger charge is -2.07. The largest absolute Gasteiger partial charge is 0.463 e. The van der Waals surface area contributed by atoms with Crippen LogP contribution in [0.25, 0.3) is 16.0 Å². The Morgan fingerprint density at radius 1 is 1.08 bits per heavy atom. The van der Waals surface area contributed by atoms with Gasteiger partial charge < -0.3 is 10.1 Å². The van der Waals surface area contributed by atoms with Crippen LogP contribution in [0.15, 0.2) is 61.2 Å². The number of anilines is 1. The molecule has 2 aromatic rings. The molecule has 0 fully saturated rings. The highest BCUT2D eigenvalue weighted by Crippen LogP contribution is 2.24. The Balaban J connectivity index is 1.85. The fourth-order valence-electron chi connectivity index (χ4n) is 2.16. The maximum Gasteiger partial charge on any atom is 0.330 e. The van der Waals surface area contributed by atoms with Gasteiger partial charge in [0, 0.05) is 18.2 Å². The van der Waals surface area contributed by atoms with Crippen LogP contribution in [0.2, 0.25) is 0 Å². The summed E-state index contributed by atoms with van der Waals surface area (Å²) in [7, 11) is 0. The van der Waals surface area contributed by atoms with E-state index in [1.54, 1.807) is 12.1 Å². The van der Waals surface area contributed by atoms with Crippen molar-refractivity contribution in [1.82, 2.24) is 0 Å². The smallest absolute Gasteiger partial charge is 0.330 e. The van der Waals surface area contributed by atoms with E-state index in [1.165, 1.54) is 0 Å². The van der Waals surface area contributed by atoms with Crippen LogP contribution in [0, 0.1) is 6.57 Å². The van der Waals surface area contributed by atoms with Crippen molar-refractivity contribution in [2.45, 2.75) is 12.8 Å². The van der Waals surface area contributed by atoms with Crippen molar-refractivity contribution < 1.29 is 14.3 Å². The van der Waals surface area contributed by atoms with Crippen molar-refractivity contribution in [3.63, 3.8) is 0 Å². The molecule has 0 heterocycles. The lowest BCUT2D eigenvalue weighted by atomic mass is 10.1. The van der Waals surface area contributed by atoms with Crippen molar-refractivity contribution in [2.24, 2.45) is 0 Å². The number of rotatable bonds is 7. The first-order valence-corrected chi connectivity index (χ1v) is 7.79. The summed E-state index contributed by atoms with van der Waals surface area (Å²) < 4.78 is 4.82. The van der Waals surface area contributed by atoms with Gasteiger partial charge in [-0.3, -0.25) is 4.79 Å². The predicted octanol–water partition coefficient (Wildman–Crippen LogP) is 4.35.